The van der Waals surface area contributed by atoms with Crippen molar-refractivity contribution in [1.82, 2.24) is 4.98 Å². The summed E-state index contributed by atoms with van der Waals surface area (Å²) in [7, 11) is 0. The maximum atomic E-state index is 13.0. The third-order valence-corrected chi connectivity index (χ3v) is 5.77. The van der Waals surface area contributed by atoms with Gasteiger partial charge in [0.05, 0.1) is 5.56 Å². The predicted octanol–water partition coefficient (Wildman–Crippen LogP) is 5.01. The van der Waals surface area contributed by atoms with Gasteiger partial charge in [-0.1, -0.05) is 31.2 Å². The number of benzene rings is 2. The van der Waals surface area contributed by atoms with Gasteiger partial charge in [-0.2, -0.15) is 0 Å². The fraction of sp³-hybridized carbons (Fsp3) is 0.238. The first-order valence-corrected chi connectivity index (χ1v) is 9.63. The molecule has 27 heavy (non-hydrogen) atoms. The molecular formula is C21H19FN2O2S. The van der Waals surface area contributed by atoms with Crippen molar-refractivity contribution in [2.75, 3.05) is 5.32 Å². The van der Waals surface area contributed by atoms with Crippen LogP contribution in [0.15, 0.2) is 48.7 Å². The van der Waals surface area contributed by atoms with Gasteiger partial charge in [0, 0.05) is 29.0 Å². The number of hydrogen-bond acceptors (Lipinski definition) is 4. The van der Waals surface area contributed by atoms with E-state index in [1.165, 1.54) is 23.5 Å². The number of carbonyl (C=O) groups is 1. The third kappa shape index (κ3) is 3.57. The third-order valence-electron chi connectivity index (χ3n) is 4.85. The lowest BCUT2D eigenvalue weighted by molar-refractivity contribution is 0.102. The Balaban J connectivity index is 1.49. The summed E-state index contributed by atoms with van der Waals surface area (Å²) in [6, 6.07) is 12.0. The Labute approximate surface area is 161 Å². The second-order valence-electron chi connectivity index (χ2n) is 6.72. The van der Waals surface area contributed by atoms with Crippen molar-refractivity contribution in [2.45, 2.75) is 32.3 Å². The van der Waals surface area contributed by atoms with Gasteiger partial charge in [0.2, 0.25) is 0 Å². The average molecular weight is 382 g/mol. The van der Waals surface area contributed by atoms with Crippen molar-refractivity contribution >= 4 is 22.4 Å². The first-order valence-electron chi connectivity index (χ1n) is 8.81. The molecule has 1 aliphatic heterocycles. The van der Waals surface area contributed by atoms with Crippen LogP contribution in [0.3, 0.4) is 0 Å². The smallest absolute Gasteiger partial charge is 0.261 e. The van der Waals surface area contributed by atoms with E-state index in [4.69, 9.17) is 4.74 Å². The van der Waals surface area contributed by atoms with Crippen molar-refractivity contribution in [2.24, 2.45) is 0 Å². The zero-order valence-electron chi connectivity index (χ0n) is 15.0. The molecule has 4 rings (SSSR count). The quantitative estimate of drug-likeness (QED) is 0.690. The lowest BCUT2D eigenvalue weighted by atomic mass is 9.97. The Bertz CT molecular complexity index is 984. The van der Waals surface area contributed by atoms with Crippen LogP contribution in [0.2, 0.25) is 0 Å². The van der Waals surface area contributed by atoms with Crippen molar-refractivity contribution in [3.05, 3.63) is 76.0 Å². The molecule has 0 radical (unpaired) electrons. The second kappa shape index (κ2) is 7.12. The molecule has 2 atom stereocenters. The summed E-state index contributed by atoms with van der Waals surface area (Å²) in [5, 5.41) is 3.40. The zero-order valence-corrected chi connectivity index (χ0v) is 15.8. The van der Waals surface area contributed by atoms with Gasteiger partial charge >= 0.3 is 0 Å². The molecule has 0 spiro atoms. The minimum atomic E-state index is -0.253. The average Bonchev–Trinajstić information content (AvgIpc) is 3.21. The van der Waals surface area contributed by atoms with Crippen LogP contribution in [0.25, 0.3) is 0 Å². The molecule has 0 fully saturated rings. The van der Waals surface area contributed by atoms with Gasteiger partial charge in [-0.3, -0.25) is 10.1 Å². The van der Waals surface area contributed by atoms with E-state index in [0.29, 0.717) is 22.9 Å². The maximum absolute atomic E-state index is 13.0. The van der Waals surface area contributed by atoms with Crippen LogP contribution in [0.5, 0.6) is 5.75 Å². The van der Waals surface area contributed by atoms with E-state index in [1.54, 1.807) is 24.4 Å². The van der Waals surface area contributed by atoms with E-state index >= 15 is 0 Å². The number of nitrogens with one attached hydrogen (secondary N) is 1. The van der Waals surface area contributed by atoms with Crippen LogP contribution >= 0.6 is 11.3 Å². The SMILES string of the molecule is CC1Oc2c(C(=O)Nc3ncc(Cc4ccc(F)cc4)s3)cccc2C1C. The van der Waals surface area contributed by atoms with Gasteiger partial charge in [-0.05, 0) is 30.7 Å². The molecule has 0 saturated heterocycles. The maximum Gasteiger partial charge on any atom is 0.261 e. The Morgan fingerprint density at radius 2 is 2.00 bits per heavy atom. The minimum absolute atomic E-state index is 0.0520. The number of halogens is 1. The molecule has 2 unspecified atom stereocenters. The molecule has 2 aromatic carbocycles. The van der Waals surface area contributed by atoms with E-state index in [1.807, 2.05) is 19.1 Å². The molecule has 4 nitrogen and oxygen atoms in total. The summed E-state index contributed by atoms with van der Waals surface area (Å²) in [5.41, 5.74) is 2.58. The van der Waals surface area contributed by atoms with Crippen LogP contribution < -0.4 is 10.1 Å². The fourth-order valence-electron chi connectivity index (χ4n) is 3.18. The van der Waals surface area contributed by atoms with Crippen molar-refractivity contribution in [3.8, 4) is 5.75 Å². The zero-order chi connectivity index (χ0) is 19.0. The summed E-state index contributed by atoms with van der Waals surface area (Å²) in [4.78, 5) is 18.0. The first kappa shape index (κ1) is 17.7. The number of aromatic nitrogens is 1. The molecule has 2 heterocycles. The molecule has 3 aromatic rings. The molecule has 1 aromatic heterocycles. The highest BCUT2D eigenvalue weighted by molar-refractivity contribution is 7.15. The highest BCUT2D eigenvalue weighted by Gasteiger charge is 2.31. The Morgan fingerprint density at radius 1 is 1.22 bits per heavy atom. The molecule has 0 saturated carbocycles. The Morgan fingerprint density at radius 3 is 2.78 bits per heavy atom. The number of carbonyl (C=O) groups excluding carboxylic acids is 1. The molecule has 0 bridgehead atoms. The number of hydrogen-bond donors (Lipinski definition) is 1. The molecular weight excluding hydrogens is 363 g/mol. The lowest BCUT2D eigenvalue weighted by Gasteiger charge is -2.09. The Kier molecular flexibility index (Phi) is 4.66. The predicted molar refractivity (Wildman–Crippen MR) is 104 cm³/mol. The van der Waals surface area contributed by atoms with Crippen molar-refractivity contribution in [1.29, 1.82) is 0 Å². The minimum Gasteiger partial charge on any atom is -0.489 e. The highest BCUT2D eigenvalue weighted by atomic mass is 32.1. The number of ether oxygens (including phenoxy) is 1. The van der Waals surface area contributed by atoms with Gasteiger partial charge in [0.25, 0.3) is 5.91 Å². The van der Waals surface area contributed by atoms with Crippen molar-refractivity contribution < 1.29 is 13.9 Å². The van der Waals surface area contributed by atoms with E-state index in [9.17, 15) is 9.18 Å². The number of nitrogens with zero attached hydrogens (tertiary/aromatic N) is 1. The molecule has 1 amide bonds. The van der Waals surface area contributed by atoms with E-state index < -0.39 is 0 Å². The van der Waals surface area contributed by atoms with E-state index in [-0.39, 0.29) is 23.7 Å². The largest absolute Gasteiger partial charge is 0.489 e. The Hall–Kier alpha value is -2.73. The van der Waals surface area contributed by atoms with Crippen LogP contribution in [0, 0.1) is 5.82 Å². The van der Waals surface area contributed by atoms with E-state index in [2.05, 4.69) is 17.2 Å². The molecule has 0 aliphatic carbocycles. The van der Waals surface area contributed by atoms with E-state index in [0.717, 1.165) is 16.0 Å². The fourth-order valence-corrected chi connectivity index (χ4v) is 4.02. The van der Waals surface area contributed by atoms with Gasteiger partial charge in [0.15, 0.2) is 5.13 Å². The number of anilines is 1. The first-order chi connectivity index (χ1) is 13.0. The van der Waals surface area contributed by atoms with Crippen LogP contribution in [-0.2, 0) is 6.42 Å². The number of para-hydroxylation sites is 1. The van der Waals surface area contributed by atoms with Crippen LogP contribution in [-0.4, -0.2) is 17.0 Å². The molecule has 138 valence electrons. The van der Waals surface area contributed by atoms with Gasteiger partial charge < -0.3 is 4.74 Å². The van der Waals surface area contributed by atoms with Crippen molar-refractivity contribution in [3.63, 3.8) is 0 Å². The summed E-state index contributed by atoms with van der Waals surface area (Å²) in [5.74, 6) is 0.445. The number of fused-ring (bicyclic) bond motifs is 1. The molecule has 6 heteroatoms. The van der Waals surface area contributed by atoms with Gasteiger partial charge in [0.1, 0.15) is 17.7 Å². The normalized spacial score (nSPS) is 18.0. The topological polar surface area (TPSA) is 51.2 Å². The van der Waals surface area contributed by atoms with Gasteiger partial charge in [-0.15, -0.1) is 11.3 Å². The summed E-state index contributed by atoms with van der Waals surface area (Å²) >= 11 is 1.41. The van der Waals surface area contributed by atoms with Gasteiger partial charge in [-0.25, -0.2) is 9.37 Å². The highest BCUT2D eigenvalue weighted by Crippen LogP contribution is 2.40. The van der Waals surface area contributed by atoms with Crippen LogP contribution in [0.1, 0.15) is 46.1 Å². The summed E-state index contributed by atoms with van der Waals surface area (Å²) in [6.45, 7) is 4.11. The monoisotopic (exact) mass is 382 g/mol. The molecule has 1 N–H and O–H groups in total. The lowest BCUT2D eigenvalue weighted by Crippen LogP contribution is -2.14. The van der Waals surface area contributed by atoms with Crippen LogP contribution in [0.4, 0.5) is 9.52 Å². The number of amides is 1. The molecule has 1 aliphatic rings. The summed E-state index contributed by atoms with van der Waals surface area (Å²) < 4.78 is 18.9. The second-order valence-corrected chi connectivity index (χ2v) is 7.84. The number of rotatable bonds is 4. The standard InChI is InChI=1S/C21H19FN2O2S/c1-12-13(2)26-19-17(12)4-3-5-18(19)20(25)24-21-23-11-16(27-21)10-14-6-8-15(22)9-7-14/h3-9,11-13H,10H2,1-2H3,(H,23,24,25). The number of thiazole rings is 1. The summed E-state index contributed by atoms with van der Waals surface area (Å²) in [6.07, 6.45) is 2.43.